The van der Waals surface area contributed by atoms with E-state index in [0.29, 0.717) is 5.95 Å². The number of hydrogen-bond donors (Lipinski definition) is 2. The van der Waals surface area contributed by atoms with Crippen molar-refractivity contribution in [2.75, 3.05) is 5.73 Å². The quantitative estimate of drug-likeness (QED) is 0.808. The second-order valence-electron chi connectivity index (χ2n) is 4.30. The maximum absolute atomic E-state index is 5.63. The van der Waals surface area contributed by atoms with Gasteiger partial charge in [-0.1, -0.05) is 23.8 Å². The lowest BCUT2D eigenvalue weighted by Crippen LogP contribution is -1.95. The molecule has 1 aromatic heterocycles. The van der Waals surface area contributed by atoms with Gasteiger partial charge in [0.15, 0.2) is 5.95 Å². The molecule has 2 rings (SSSR count). The summed E-state index contributed by atoms with van der Waals surface area (Å²) in [5.41, 5.74) is 11.6. The number of nitrogens with one attached hydrogen (secondary N) is 1. The summed E-state index contributed by atoms with van der Waals surface area (Å²) in [4.78, 5) is 7.33. The van der Waals surface area contributed by atoms with Crippen LogP contribution in [0.3, 0.4) is 0 Å². The van der Waals surface area contributed by atoms with E-state index in [1.54, 1.807) is 0 Å². The van der Waals surface area contributed by atoms with E-state index in [1.165, 1.54) is 16.7 Å². The third-order valence-electron chi connectivity index (χ3n) is 2.87. The number of nitrogen functional groups attached to an aromatic ring is 1. The summed E-state index contributed by atoms with van der Waals surface area (Å²) < 4.78 is 0. The molecular formula is C13H17N3. The fraction of sp³-hybridized carbons (Fsp3) is 0.308. The van der Waals surface area contributed by atoms with Crippen LogP contribution in [-0.2, 0) is 6.42 Å². The Morgan fingerprint density at radius 1 is 1.25 bits per heavy atom. The highest BCUT2D eigenvalue weighted by atomic mass is 15.0. The van der Waals surface area contributed by atoms with Crippen LogP contribution in [0, 0.1) is 20.8 Å². The first-order chi connectivity index (χ1) is 7.56. The number of hydrogen-bond acceptors (Lipinski definition) is 2. The number of H-pyrrole nitrogens is 1. The van der Waals surface area contributed by atoms with Crippen molar-refractivity contribution >= 4 is 5.95 Å². The molecule has 16 heavy (non-hydrogen) atoms. The zero-order chi connectivity index (χ0) is 11.7. The van der Waals surface area contributed by atoms with Gasteiger partial charge in [-0.25, -0.2) is 4.98 Å². The van der Waals surface area contributed by atoms with Crippen molar-refractivity contribution in [2.45, 2.75) is 27.2 Å². The fourth-order valence-electron chi connectivity index (χ4n) is 1.86. The second-order valence-corrected chi connectivity index (χ2v) is 4.30. The van der Waals surface area contributed by atoms with Gasteiger partial charge in [0.1, 0.15) is 0 Å². The highest BCUT2D eigenvalue weighted by Crippen LogP contribution is 2.17. The standard InChI is InChI=1S/C13H17N3/c1-8-4-5-9(2)11(6-8)7-12-10(3)15-13(14)16-12/h4-6H,7H2,1-3H3,(H3,14,15,16). The summed E-state index contributed by atoms with van der Waals surface area (Å²) in [6.07, 6.45) is 0.840. The molecule has 0 atom stereocenters. The molecule has 0 aliphatic carbocycles. The number of rotatable bonds is 2. The smallest absolute Gasteiger partial charge is 0.197 e. The Labute approximate surface area is 95.7 Å². The Bertz CT molecular complexity index is 512. The maximum atomic E-state index is 5.63. The van der Waals surface area contributed by atoms with Crippen molar-refractivity contribution in [3.05, 3.63) is 46.3 Å². The van der Waals surface area contributed by atoms with E-state index in [9.17, 15) is 0 Å². The SMILES string of the molecule is Cc1ccc(C)c(Cc2nc(N)[nH]c2C)c1. The Morgan fingerprint density at radius 2 is 2.00 bits per heavy atom. The Balaban J connectivity index is 2.33. The predicted molar refractivity (Wildman–Crippen MR) is 66.5 cm³/mol. The maximum Gasteiger partial charge on any atom is 0.197 e. The lowest BCUT2D eigenvalue weighted by molar-refractivity contribution is 1.06. The van der Waals surface area contributed by atoms with Crippen LogP contribution in [0.1, 0.15) is 28.1 Å². The van der Waals surface area contributed by atoms with Gasteiger partial charge in [-0.05, 0) is 31.9 Å². The lowest BCUT2D eigenvalue weighted by Gasteiger charge is -2.05. The Morgan fingerprint density at radius 3 is 2.62 bits per heavy atom. The first-order valence-electron chi connectivity index (χ1n) is 5.43. The molecule has 1 aromatic carbocycles. The van der Waals surface area contributed by atoms with Gasteiger partial charge in [0, 0.05) is 12.1 Å². The minimum atomic E-state index is 0.498. The van der Waals surface area contributed by atoms with Crippen molar-refractivity contribution in [2.24, 2.45) is 0 Å². The van der Waals surface area contributed by atoms with E-state index in [0.717, 1.165) is 17.8 Å². The van der Waals surface area contributed by atoms with Crippen LogP contribution in [0.4, 0.5) is 5.95 Å². The topological polar surface area (TPSA) is 54.7 Å². The van der Waals surface area contributed by atoms with Crippen LogP contribution in [0.5, 0.6) is 0 Å². The van der Waals surface area contributed by atoms with E-state index in [4.69, 9.17) is 5.73 Å². The average Bonchev–Trinajstić information content (AvgIpc) is 2.51. The highest BCUT2D eigenvalue weighted by Gasteiger charge is 2.07. The number of aromatic amines is 1. The molecule has 0 spiro atoms. The van der Waals surface area contributed by atoms with Gasteiger partial charge >= 0.3 is 0 Å². The summed E-state index contributed by atoms with van der Waals surface area (Å²) in [7, 11) is 0. The Kier molecular flexibility index (Phi) is 2.69. The largest absolute Gasteiger partial charge is 0.369 e. The number of aryl methyl sites for hydroxylation is 3. The van der Waals surface area contributed by atoms with Crippen LogP contribution in [0.25, 0.3) is 0 Å². The van der Waals surface area contributed by atoms with Gasteiger partial charge in [-0.15, -0.1) is 0 Å². The average molecular weight is 215 g/mol. The molecule has 0 radical (unpaired) electrons. The number of nitrogens with two attached hydrogens (primary N) is 1. The van der Waals surface area contributed by atoms with Crippen LogP contribution in [-0.4, -0.2) is 9.97 Å². The number of nitrogens with zero attached hydrogens (tertiary/aromatic N) is 1. The minimum absolute atomic E-state index is 0.498. The van der Waals surface area contributed by atoms with Gasteiger partial charge in [0.05, 0.1) is 5.69 Å². The third kappa shape index (κ3) is 2.08. The lowest BCUT2D eigenvalue weighted by atomic mass is 10.0. The van der Waals surface area contributed by atoms with E-state index in [-0.39, 0.29) is 0 Å². The fourth-order valence-corrected chi connectivity index (χ4v) is 1.86. The zero-order valence-electron chi connectivity index (χ0n) is 9.96. The number of benzene rings is 1. The van der Waals surface area contributed by atoms with Crippen LogP contribution >= 0.6 is 0 Å². The van der Waals surface area contributed by atoms with Crippen molar-refractivity contribution in [3.8, 4) is 0 Å². The summed E-state index contributed by atoms with van der Waals surface area (Å²) >= 11 is 0. The van der Waals surface area contributed by atoms with Crippen molar-refractivity contribution < 1.29 is 0 Å². The van der Waals surface area contributed by atoms with E-state index >= 15 is 0 Å². The first kappa shape index (κ1) is 10.7. The first-order valence-corrected chi connectivity index (χ1v) is 5.43. The number of aromatic nitrogens is 2. The number of anilines is 1. The van der Waals surface area contributed by atoms with Crippen molar-refractivity contribution in [1.29, 1.82) is 0 Å². The molecule has 1 heterocycles. The molecule has 84 valence electrons. The molecule has 0 saturated heterocycles. The molecule has 0 aliphatic rings. The summed E-state index contributed by atoms with van der Waals surface area (Å²) in [6, 6.07) is 6.49. The molecule has 0 aliphatic heterocycles. The molecule has 0 bridgehead atoms. The van der Waals surface area contributed by atoms with Crippen molar-refractivity contribution in [3.63, 3.8) is 0 Å². The van der Waals surface area contributed by atoms with Gasteiger partial charge in [-0.2, -0.15) is 0 Å². The zero-order valence-corrected chi connectivity index (χ0v) is 9.96. The molecule has 0 fully saturated rings. The number of imidazole rings is 1. The molecule has 3 heteroatoms. The van der Waals surface area contributed by atoms with Crippen molar-refractivity contribution in [1.82, 2.24) is 9.97 Å². The van der Waals surface area contributed by atoms with Crippen LogP contribution in [0.15, 0.2) is 18.2 Å². The van der Waals surface area contributed by atoms with E-state index < -0.39 is 0 Å². The molecule has 2 aromatic rings. The Hall–Kier alpha value is -1.77. The summed E-state index contributed by atoms with van der Waals surface area (Å²) in [5, 5.41) is 0. The third-order valence-corrected chi connectivity index (χ3v) is 2.87. The second kappa shape index (κ2) is 4.00. The summed E-state index contributed by atoms with van der Waals surface area (Å²) in [6.45, 7) is 6.23. The van der Waals surface area contributed by atoms with Gasteiger partial charge < -0.3 is 10.7 Å². The minimum Gasteiger partial charge on any atom is -0.369 e. The monoisotopic (exact) mass is 215 g/mol. The highest BCUT2D eigenvalue weighted by molar-refractivity contribution is 5.36. The van der Waals surface area contributed by atoms with Crippen LogP contribution in [0.2, 0.25) is 0 Å². The van der Waals surface area contributed by atoms with E-state index in [1.807, 2.05) is 6.92 Å². The van der Waals surface area contributed by atoms with Gasteiger partial charge in [-0.3, -0.25) is 0 Å². The molecule has 0 unspecified atom stereocenters. The van der Waals surface area contributed by atoms with Crippen LogP contribution < -0.4 is 5.73 Å². The molecule has 0 amide bonds. The molecule has 3 N–H and O–H groups in total. The van der Waals surface area contributed by atoms with Gasteiger partial charge in [0.25, 0.3) is 0 Å². The normalized spacial score (nSPS) is 10.7. The molecule has 3 nitrogen and oxygen atoms in total. The summed E-state index contributed by atoms with van der Waals surface area (Å²) in [5.74, 6) is 0.498. The predicted octanol–water partition coefficient (Wildman–Crippen LogP) is 2.51. The van der Waals surface area contributed by atoms with E-state index in [2.05, 4.69) is 42.0 Å². The van der Waals surface area contributed by atoms with Gasteiger partial charge in [0.2, 0.25) is 0 Å². The molecular weight excluding hydrogens is 198 g/mol. The molecule has 0 saturated carbocycles.